The summed E-state index contributed by atoms with van der Waals surface area (Å²) in [7, 11) is 1.68. The van der Waals surface area contributed by atoms with E-state index in [-0.39, 0.29) is 11.5 Å². The van der Waals surface area contributed by atoms with E-state index in [1.54, 1.807) is 19.3 Å². The van der Waals surface area contributed by atoms with Crippen molar-refractivity contribution < 1.29 is 9.90 Å². The van der Waals surface area contributed by atoms with Crippen molar-refractivity contribution in [1.82, 2.24) is 9.88 Å². The van der Waals surface area contributed by atoms with Crippen LogP contribution in [0, 0.1) is 5.92 Å². The number of carboxylic acid groups (broad SMARTS) is 1. The molecule has 92 valence electrons. The van der Waals surface area contributed by atoms with Crippen molar-refractivity contribution in [3.05, 3.63) is 34.2 Å². The summed E-state index contributed by atoms with van der Waals surface area (Å²) in [6, 6.07) is 3.39. The van der Waals surface area contributed by atoms with Gasteiger partial charge >= 0.3 is 5.97 Å². The van der Waals surface area contributed by atoms with Gasteiger partial charge in [0.25, 0.3) is 5.56 Å². The van der Waals surface area contributed by atoms with Crippen molar-refractivity contribution in [2.45, 2.75) is 12.3 Å². The van der Waals surface area contributed by atoms with Crippen molar-refractivity contribution in [3.8, 4) is 0 Å². The molecule has 2 atom stereocenters. The number of carbonyl (C=O) groups is 1. The van der Waals surface area contributed by atoms with E-state index in [0.29, 0.717) is 6.54 Å². The first-order chi connectivity index (χ1) is 8.09. The van der Waals surface area contributed by atoms with Crippen LogP contribution in [0.25, 0.3) is 0 Å². The molecule has 2 N–H and O–H groups in total. The minimum atomic E-state index is -0.803. The fourth-order valence-electron chi connectivity index (χ4n) is 2.31. The molecule has 1 aliphatic rings. The molecule has 1 aromatic rings. The minimum absolute atomic E-state index is 0.0670. The lowest BCUT2D eigenvalue weighted by atomic mass is 9.81. The topological polar surface area (TPSA) is 71.3 Å². The maximum Gasteiger partial charge on any atom is 0.308 e. The first kappa shape index (κ1) is 11.9. The van der Waals surface area contributed by atoms with E-state index in [0.717, 1.165) is 18.5 Å². The molecular weight excluding hydrogens is 220 g/mol. The van der Waals surface area contributed by atoms with Crippen molar-refractivity contribution >= 4 is 5.97 Å². The molecule has 1 fully saturated rings. The summed E-state index contributed by atoms with van der Waals surface area (Å²) < 4.78 is 1.49. The highest BCUT2D eigenvalue weighted by Gasteiger charge is 2.31. The lowest BCUT2D eigenvalue weighted by Crippen LogP contribution is -2.40. The third kappa shape index (κ3) is 2.39. The molecule has 0 saturated carbocycles. The van der Waals surface area contributed by atoms with Gasteiger partial charge in [-0.2, -0.15) is 0 Å². The van der Waals surface area contributed by atoms with E-state index in [2.05, 4.69) is 5.32 Å². The van der Waals surface area contributed by atoms with Crippen molar-refractivity contribution in [2.75, 3.05) is 13.1 Å². The number of aryl methyl sites for hydroxylation is 1. The number of hydrogen-bond acceptors (Lipinski definition) is 3. The van der Waals surface area contributed by atoms with Gasteiger partial charge in [0, 0.05) is 25.9 Å². The lowest BCUT2D eigenvalue weighted by molar-refractivity contribution is -0.142. The fraction of sp³-hybridized carbons (Fsp3) is 0.500. The number of aromatic nitrogens is 1. The highest BCUT2D eigenvalue weighted by atomic mass is 16.4. The van der Waals surface area contributed by atoms with Crippen LogP contribution in [0.2, 0.25) is 0 Å². The van der Waals surface area contributed by atoms with Gasteiger partial charge in [0.15, 0.2) is 0 Å². The van der Waals surface area contributed by atoms with E-state index >= 15 is 0 Å². The smallest absolute Gasteiger partial charge is 0.308 e. The van der Waals surface area contributed by atoms with Crippen LogP contribution in [-0.4, -0.2) is 28.7 Å². The number of nitrogens with zero attached hydrogens (tertiary/aromatic N) is 1. The fourth-order valence-corrected chi connectivity index (χ4v) is 2.31. The number of aliphatic carboxylic acids is 1. The van der Waals surface area contributed by atoms with Gasteiger partial charge in [0.1, 0.15) is 0 Å². The number of piperidine rings is 1. The Kier molecular flexibility index (Phi) is 3.28. The van der Waals surface area contributed by atoms with E-state index in [1.807, 2.05) is 6.07 Å². The van der Waals surface area contributed by atoms with E-state index < -0.39 is 11.9 Å². The highest BCUT2D eigenvalue weighted by Crippen LogP contribution is 2.29. The number of carboxylic acids is 1. The van der Waals surface area contributed by atoms with Crippen LogP contribution in [-0.2, 0) is 11.8 Å². The predicted octanol–water partition coefficient (Wildman–Crippen LogP) is 0.163. The second-order valence-electron chi connectivity index (χ2n) is 4.45. The summed E-state index contributed by atoms with van der Waals surface area (Å²) in [5, 5.41) is 12.2. The molecular formula is C12H16N2O3. The number of hydrogen-bond donors (Lipinski definition) is 2. The normalized spacial score (nSPS) is 24.5. The summed E-state index contributed by atoms with van der Waals surface area (Å²) in [6.45, 7) is 1.26. The molecule has 0 amide bonds. The molecule has 0 spiro atoms. The maximum absolute atomic E-state index is 11.6. The Balaban J connectivity index is 2.32. The van der Waals surface area contributed by atoms with Crippen LogP contribution in [0.3, 0.4) is 0 Å². The zero-order valence-electron chi connectivity index (χ0n) is 9.72. The van der Waals surface area contributed by atoms with Crippen LogP contribution >= 0.6 is 0 Å². The van der Waals surface area contributed by atoms with Crippen LogP contribution in [0.4, 0.5) is 0 Å². The van der Waals surface area contributed by atoms with Gasteiger partial charge < -0.3 is 15.0 Å². The van der Waals surface area contributed by atoms with E-state index in [1.165, 1.54) is 4.57 Å². The molecule has 5 nitrogen and oxygen atoms in total. The van der Waals surface area contributed by atoms with Crippen LogP contribution in [0.1, 0.15) is 17.9 Å². The molecule has 1 aliphatic heterocycles. The van der Waals surface area contributed by atoms with Crippen molar-refractivity contribution in [2.24, 2.45) is 13.0 Å². The van der Waals surface area contributed by atoms with Gasteiger partial charge in [-0.1, -0.05) is 0 Å². The van der Waals surface area contributed by atoms with Gasteiger partial charge in [-0.05, 0) is 30.5 Å². The molecule has 2 rings (SSSR count). The Morgan fingerprint density at radius 1 is 1.59 bits per heavy atom. The van der Waals surface area contributed by atoms with Gasteiger partial charge in [0.05, 0.1) is 5.92 Å². The van der Waals surface area contributed by atoms with Crippen molar-refractivity contribution in [1.29, 1.82) is 0 Å². The monoisotopic (exact) mass is 236 g/mol. The quantitative estimate of drug-likeness (QED) is 0.767. The number of pyridine rings is 1. The summed E-state index contributed by atoms with van der Waals surface area (Å²) >= 11 is 0. The first-order valence-electron chi connectivity index (χ1n) is 5.69. The predicted molar refractivity (Wildman–Crippen MR) is 63.0 cm³/mol. The Labute approximate surface area is 99.1 Å². The molecule has 1 aromatic heterocycles. The van der Waals surface area contributed by atoms with Gasteiger partial charge in [-0.3, -0.25) is 9.59 Å². The molecule has 1 saturated heterocycles. The van der Waals surface area contributed by atoms with Gasteiger partial charge in [0.2, 0.25) is 0 Å². The second-order valence-corrected chi connectivity index (χ2v) is 4.45. The molecule has 0 bridgehead atoms. The largest absolute Gasteiger partial charge is 0.481 e. The summed E-state index contributed by atoms with van der Waals surface area (Å²) in [6.07, 6.45) is 2.45. The van der Waals surface area contributed by atoms with E-state index in [9.17, 15) is 14.7 Å². The molecule has 17 heavy (non-hydrogen) atoms. The third-order valence-electron chi connectivity index (χ3n) is 3.36. The summed E-state index contributed by atoms with van der Waals surface area (Å²) in [5.74, 6) is -1.32. The molecule has 5 heteroatoms. The Morgan fingerprint density at radius 2 is 2.35 bits per heavy atom. The Hall–Kier alpha value is -1.62. The molecule has 0 radical (unpaired) electrons. The standard InChI is InChI=1S/C12H16N2O3/c1-14-5-3-8(6-11(14)15)9-2-4-13-7-10(9)12(16)17/h3,5-6,9-10,13H,2,4,7H2,1H3,(H,16,17)/t9-,10+/m1/s1. The van der Waals surface area contributed by atoms with Crippen LogP contribution in [0.15, 0.2) is 23.1 Å². The SMILES string of the molecule is Cn1ccc([C@H]2CCNC[C@@H]2C(=O)O)cc1=O. The number of rotatable bonds is 2. The minimum Gasteiger partial charge on any atom is -0.481 e. The second kappa shape index (κ2) is 4.71. The van der Waals surface area contributed by atoms with Crippen LogP contribution < -0.4 is 10.9 Å². The van der Waals surface area contributed by atoms with Crippen LogP contribution in [0.5, 0.6) is 0 Å². The van der Waals surface area contributed by atoms with Crippen molar-refractivity contribution in [3.63, 3.8) is 0 Å². The zero-order valence-corrected chi connectivity index (χ0v) is 9.72. The lowest BCUT2D eigenvalue weighted by Gasteiger charge is -2.29. The average molecular weight is 236 g/mol. The molecule has 0 aromatic carbocycles. The van der Waals surface area contributed by atoms with Gasteiger partial charge in [-0.15, -0.1) is 0 Å². The Bertz CT molecular complexity index is 481. The summed E-state index contributed by atoms with van der Waals surface area (Å²) in [5.41, 5.74) is 0.743. The maximum atomic E-state index is 11.6. The van der Waals surface area contributed by atoms with Gasteiger partial charge in [-0.25, -0.2) is 0 Å². The highest BCUT2D eigenvalue weighted by molar-refractivity contribution is 5.72. The molecule has 0 aliphatic carbocycles. The molecule has 2 heterocycles. The van der Waals surface area contributed by atoms with E-state index in [4.69, 9.17) is 0 Å². The zero-order chi connectivity index (χ0) is 12.4. The average Bonchev–Trinajstić information content (AvgIpc) is 2.32. The molecule has 0 unspecified atom stereocenters. The first-order valence-corrected chi connectivity index (χ1v) is 5.69. The third-order valence-corrected chi connectivity index (χ3v) is 3.36. The number of nitrogens with one attached hydrogen (secondary N) is 1. The summed E-state index contributed by atoms with van der Waals surface area (Å²) in [4.78, 5) is 22.7. The Morgan fingerprint density at radius 3 is 3.00 bits per heavy atom.